The van der Waals surface area contributed by atoms with Crippen molar-refractivity contribution in [2.75, 3.05) is 0 Å². The van der Waals surface area contributed by atoms with E-state index in [0.29, 0.717) is 11.3 Å². The van der Waals surface area contributed by atoms with E-state index < -0.39 is 5.95 Å². The number of fused-ring (bicyclic) bond motifs is 1. The van der Waals surface area contributed by atoms with Gasteiger partial charge in [0, 0.05) is 12.4 Å². The second-order valence-electron chi connectivity index (χ2n) is 2.40. The van der Waals surface area contributed by atoms with Gasteiger partial charge in [-0.05, 0) is 6.92 Å². The Balaban J connectivity index is 2.95. The predicted molar refractivity (Wildman–Crippen MR) is 42.7 cm³/mol. The quantitative estimate of drug-likeness (QED) is 0.627. The van der Waals surface area contributed by atoms with Crippen LogP contribution in [0.5, 0.6) is 0 Å². The van der Waals surface area contributed by atoms with Crippen LogP contribution in [-0.4, -0.2) is 14.4 Å². The zero-order valence-corrected chi connectivity index (χ0v) is 7.01. The predicted octanol–water partition coefficient (Wildman–Crippen LogP) is 1.83. The molecule has 3 nitrogen and oxygen atoms in total. The van der Waals surface area contributed by atoms with Gasteiger partial charge in [0.2, 0.25) is 5.95 Å². The van der Waals surface area contributed by atoms with Crippen molar-refractivity contribution in [1.29, 1.82) is 0 Å². The lowest BCUT2D eigenvalue weighted by Gasteiger charge is -1.92. The molecule has 5 heteroatoms. The average Bonchev–Trinajstić information content (AvgIpc) is 2.32. The van der Waals surface area contributed by atoms with Gasteiger partial charge in [0.15, 0.2) is 10.8 Å². The maximum atomic E-state index is 13.2. The van der Waals surface area contributed by atoms with Crippen molar-refractivity contribution in [3.8, 4) is 0 Å². The molecule has 2 rings (SSSR count). The summed E-state index contributed by atoms with van der Waals surface area (Å²) in [6.07, 6.45) is 2.91. The van der Waals surface area contributed by atoms with E-state index in [1.54, 1.807) is 6.92 Å². The third-order valence-electron chi connectivity index (χ3n) is 1.60. The first-order valence-electron chi connectivity index (χ1n) is 3.35. The first-order chi connectivity index (χ1) is 5.70. The van der Waals surface area contributed by atoms with Gasteiger partial charge in [-0.3, -0.25) is 4.40 Å². The number of nitrogens with zero attached hydrogens (tertiary/aromatic N) is 3. The minimum absolute atomic E-state index is 0.213. The van der Waals surface area contributed by atoms with Crippen molar-refractivity contribution in [3.05, 3.63) is 29.2 Å². The van der Waals surface area contributed by atoms with Crippen LogP contribution in [0.15, 0.2) is 12.4 Å². The van der Waals surface area contributed by atoms with Gasteiger partial charge >= 0.3 is 0 Å². The molecule has 0 aromatic carbocycles. The summed E-state index contributed by atoms with van der Waals surface area (Å²) in [5.74, 6) is -0.394. The molecule has 0 unspecified atom stereocenters. The number of halogens is 2. The minimum atomic E-state index is -0.394. The average molecular weight is 186 g/mol. The van der Waals surface area contributed by atoms with Crippen molar-refractivity contribution in [2.45, 2.75) is 6.92 Å². The van der Waals surface area contributed by atoms with Crippen LogP contribution in [0.4, 0.5) is 4.39 Å². The monoisotopic (exact) mass is 185 g/mol. The summed E-state index contributed by atoms with van der Waals surface area (Å²) >= 11 is 5.68. The molecule has 0 aliphatic heterocycles. The molecule has 0 saturated carbocycles. The van der Waals surface area contributed by atoms with E-state index in [1.807, 2.05) is 0 Å². The van der Waals surface area contributed by atoms with Gasteiger partial charge in [0.1, 0.15) is 0 Å². The van der Waals surface area contributed by atoms with E-state index in [9.17, 15) is 4.39 Å². The fraction of sp³-hybridized carbons (Fsp3) is 0.143. The molecule has 0 N–H and O–H groups in total. The second kappa shape index (κ2) is 2.42. The highest BCUT2D eigenvalue weighted by Gasteiger charge is 2.09. The Morgan fingerprint density at radius 3 is 3.00 bits per heavy atom. The van der Waals surface area contributed by atoms with Crippen LogP contribution in [0.2, 0.25) is 5.15 Å². The van der Waals surface area contributed by atoms with Crippen LogP contribution >= 0.6 is 11.6 Å². The van der Waals surface area contributed by atoms with E-state index in [4.69, 9.17) is 11.6 Å². The van der Waals surface area contributed by atoms with Crippen molar-refractivity contribution in [2.24, 2.45) is 0 Å². The zero-order valence-electron chi connectivity index (χ0n) is 6.25. The molecule has 0 saturated heterocycles. The number of imidazole rings is 1. The molecule has 0 radical (unpaired) electrons. The Morgan fingerprint density at radius 1 is 1.58 bits per heavy atom. The fourth-order valence-corrected chi connectivity index (χ4v) is 1.22. The largest absolute Gasteiger partial charge is 0.272 e. The second-order valence-corrected chi connectivity index (χ2v) is 2.76. The number of aromatic nitrogens is 3. The smallest absolute Gasteiger partial charge is 0.220 e. The molecule has 0 bridgehead atoms. The topological polar surface area (TPSA) is 30.2 Å². The van der Waals surface area contributed by atoms with Crippen LogP contribution in [-0.2, 0) is 0 Å². The van der Waals surface area contributed by atoms with Crippen molar-refractivity contribution >= 4 is 17.2 Å². The van der Waals surface area contributed by atoms with Crippen molar-refractivity contribution in [1.82, 2.24) is 14.4 Å². The molecule has 0 aliphatic rings. The van der Waals surface area contributed by atoms with Crippen LogP contribution in [0.25, 0.3) is 5.65 Å². The van der Waals surface area contributed by atoms with Crippen molar-refractivity contribution in [3.63, 3.8) is 0 Å². The number of hydrogen-bond donors (Lipinski definition) is 0. The lowest BCUT2D eigenvalue weighted by Crippen LogP contribution is -1.89. The lowest BCUT2D eigenvalue weighted by molar-refractivity contribution is 0.563. The van der Waals surface area contributed by atoms with E-state index in [-0.39, 0.29) is 5.15 Å². The van der Waals surface area contributed by atoms with E-state index in [1.165, 1.54) is 16.8 Å². The standard InChI is InChI=1S/C7H5ClFN3/c1-4-6(9)12-3-2-10-5(8)7(12)11-4/h2-3H,1H3. The summed E-state index contributed by atoms with van der Waals surface area (Å²) in [5, 5.41) is 0.213. The van der Waals surface area contributed by atoms with Gasteiger partial charge in [-0.2, -0.15) is 4.39 Å². The van der Waals surface area contributed by atoms with E-state index in [0.717, 1.165) is 0 Å². The maximum absolute atomic E-state index is 13.2. The fourth-order valence-electron chi connectivity index (χ4n) is 1.03. The highest BCUT2D eigenvalue weighted by Crippen LogP contribution is 2.15. The normalized spacial score (nSPS) is 10.9. The van der Waals surface area contributed by atoms with E-state index in [2.05, 4.69) is 9.97 Å². The zero-order chi connectivity index (χ0) is 8.72. The molecule has 2 aromatic rings. The summed E-state index contributed by atoms with van der Waals surface area (Å²) in [6.45, 7) is 1.58. The summed E-state index contributed by atoms with van der Waals surface area (Å²) in [5.41, 5.74) is 0.680. The van der Waals surface area contributed by atoms with Gasteiger partial charge in [0.05, 0.1) is 5.69 Å². The van der Waals surface area contributed by atoms with Crippen LogP contribution in [0, 0.1) is 12.9 Å². The third kappa shape index (κ3) is 0.881. The van der Waals surface area contributed by atoms with Gasteiger partial charge in [-0.1, -0.05) is 11.6 Å². The molecule has 0 amide bonds. The van der Waals surface area contributed by atoms with Crippen LogP contribution in [0.3, 0.4) is 0 Å². The van der Waals surface area contributed by atoms with E-state index >= 15 is 0 Å². The summed E-state index contributed by atoms with van der Waals surface area (Å²) in [6, 6.07) is 0. The summed E-state index contributed by atoms with van der Waals surface area (Å²) in [4.78, 5) is 7.68. The lowest BCUT2D eigenvalue weighted by atomic mass is 10.5. The molecule has 0 aliphatic carbocycles. The van der Waals surface area contributed by atoms with Gasteiger partial charge < -0.3 is 0 Å². The molecular weight excluding hydrogens is 181 g/mol. The Hall–Kier alpha value is -1.16. The number of hydrogen-bond acceptors (Lipinski definition) is 2. The molecule has 2 heterocycles. The molecule has 0 atom stereocenters. The van der Waals surface area contributed by atoms with Crippen LogP contribution in [0.1, 0.15) is 5.69 Å². The Bertz CT molecular complexity index is 437. The molecule has 2 aromatic heterocycles. The molecular formula is C7H5ClFN3. The molecule has 0 fully saturated rings. The Morgan fingerprint density at radius 2 is 2.33 bits per heavy atom. The third-order valence-corrected chi connectivity index (χ3v) is 1.87. The van der Waals surface area contributed by atoms with Gasteiger partial charge in [-0.15, -0.1) is 0 Å². The Kier molecular flexibility index (Phi) is 1.51. The first kappa shape index (κ1) is 7.49. The van der Waals surface area contributed by atoms with Crippen LogP contribution < -0.4 is 0 Å². The summed E-state index contributed by atoms with van der Waals surface area (Å²) in [7, 11) is 0. The van der Waals surface area contributed by atoms with Gasteiger partial charge in [-0.25, -0.2) is 9.97 Å². The summed E-state index contributed by atoms with van der Waals surface area (Å²) < 4.78 is 14.4. The maximum Gasteiger partial charge on any atom is 0.220 e. The van der Waals surface area contributed by atoms with Crippen molar-refractivity contribution < 1.29 is 4.39 Å². The molecule has 0 spiro atoms. The highest BCUT2D eigenvalue weighted by molar-refractivity contribution is 6.32. The minimum Gasteiger partial charge on any atom is -0.272 e. The van der Waals surface area contributed by atoms with Gasteiger partial charge in [0.25, 0.3) is 0 Å². The SMILES string of the molecule is Cc1nc2c(Cl)nccn2c1F. The number of rotatable bonds is 0. The highest BCUT2D eigenvalue weighted by atomic mass is 35.5. The molecule has 12 heavy (non-hydrogen) atoms. The number of aryl methyl sites for hydroxylation is 1. The molecule has 62 valence electrons. The Labute approximate surface area is 72.8 Å². The first-order valence-corrected chi connectivity index (χ1v) is 3.72.